The molecule has 0 aliphatic heterocycles. The maximum absolute atomic E-state index is 12.8. The second-order valence-electron chi connectivity index (χ2n) is 5.93. The van der Waals surface area contributed by atoms with Crippen LogP contribution < -0.4 is 10.6 Å². The van der Waals surface area contributed by atoms with Crippen molar-refractivity contribution >= 4 is 74.4 Å². The van der Waals surface area contributed by atoms with Gasteiger partial charge in [0.15, 0.2) is 5.11 Å². The Morgan fingerprint density at radius 2 is 1.86 bits per heavy atom. The average molecular weight is 474 g/mol. The van der Waals surface area contributed by atoms with Crippen molar-refractivity contribution in [1.82, 2.24) is 4.90 Å². The van der Waals surface area contributed by atoms with Gasteiger partial charge in [-0.1, -0.05) is 23.2 Å². The van der Waals surface area contributed by atoms with Gasteiger partial charge in [0, 0.05) is 18.1 Å². The summed E-state index contributed by atoms with van der Waals surface area (Å²) in [4.78, 5) is 27.3. The Morgan fingerprint density at radius 1 is 1.21 bits per heavy atom. The number of thiophene rings is 1. The molecule has 29 heavy (non-hydrogen) atoms. The molecule has 0 aliphatic rings. The molecule has 0 aliphatic carbocycles. The van der Waals surface area contributed by atoms with Crippen LogP contribution in [0.1, 0.15) is 39.4 Å². The maximum atomic E-state index is 12.8. The summed E-state index contributed by atoms with van der Waals surface area (Å²) in [5, 5.41) is 7.47. The van der Waals surface area contributed by atoms with E-state index in [1.807, 2.05) is 13.8 Å². The first kappa shape index (κ1) is 23.4. The van der Waals surface area contributed by atoms with Crippen LogP contribution in [0.3, 0.4) is 0 Å². The number of nitrogens with one attached hydrogen (secondary N) is 2. The standard InChI is InChI=1S/C19H21Cl2N3O3S2/c1-5-24(6-2)17(25)15-10(3)14(18(26)27-4)16(29-15)23-19(28)22-13-9-11(20)7-8-12(13)21/h7-9H,5-6H2,1-4H3,(H2,22,23,28). The van der Waals surface area contributed by atoms with Gasteiger partial charge in [0.05, 0.1) is 28.3 Å². The van der Waals surface area contributed by atoms with Crippen molar-refractivity contribution in [2.24, 2.45) is 0 Å². The van der Waals surface area contributed by atoms with Crippen molar-refractivity contribution < 1.29 is 14.3 Å². The normalized spacial score (nSPS) is 10.4. The molecule has 156 valence electrons. The van der Waals surface area contributed by atoms with Crippen molar-refractivity contribution in [3.8, 4) is 0 Å². The number of thiocarbonyl (C=S) groups is 1. The molecule has 0 fully saturated rings. The summed E-state index contributed by atoms with van der Waals surface area (Å²) in [7, 11) is 1.29. The molecule has 2 N–H and O–H groups in total. The highest BCUT2D eigenvalue weighted by molar-refractivity contribution is 7.80. The number of ether oxygens (including phenoxy) is 1. The van der Waals surface area contributed by atoms with Crippen molar-refractivity contribution in [3.63, 3.8) is 0 Å². The molecule has 0 radical (unpaired) electrons. The van der Waals surface area contributed by atoms with E-state index >= 15 is 0 Å². The van der Waals surface area contributed by atoms with Gasteiger partial charge in [0.1, 0.15) is 5.00 Å². The number of carbonyl (C=O) groups excluding carboxylic acids is 2. The van der Waals surface area contributed by atoms with Crippen molar-refractivity contribution in [2.75, 3.05) is 30.8 Å². The number of methoxy groups -OCH3 is 1. The summed E-state index contributed by atoms with van der Waals surface area (Å²) in [5.74, 6) is -0.698. The Bertz CT molecular complexity index is 943. The lowest BCUT2D eigenvalue weighted by atomic mass is 10.1. The number of nitrogens with zero attached hydrogens (tertiary/aromatic N) is 1. The second kappa shape index (κ2) is 10.2. The molecule has 0 atom stereocenters. The van der Waals surface area contributed by atoms with E-state index in [4.69, 9.17) is 40.2 Å². The number of esters is 1. The topological polar surface area (TPSA) is 70.7 Å². The van der Waals surface area contributed by atoms with E-state index < -0.39 is 5.97 Å². The Kier molecular flexibility index (Phi) is 8.27. The van der Waals surface area contributed by atoms with Gasteiger partial charge in [-0.25, -0.2) is 4.79 Å². The van der Waals surface area contributed by atoms with Gasteiger partial charge in [-0.2, -0.15) is 0 Å². The molecule has 1 heterocycles. The molecule has 1 amide bonds. The van der Waals surface area contributed by atoms with E-state index in [9.17, 15) is 9.59 Å². The number of amides is 1. The molecule has 0 unspecified atom stereocenters. The van der Waals surface area contributed by atoms with Crippen molar-refractivity contribution in [1.29, 1.82) is 0 Å². The van der Waals surface area contributed by atoms with Crippen LogP contribution in [-0.2, 0) is 4.74 Å². The summed E-state index contributed by atoms with van der Waals surface area (Å²) < 4.78 is 4.90. The first-order chi connectivity index (χ1) is 13.7. The Hall–Kier alpha value is -1.87. The van der Waals surface area contributed by atoms with Crippen molar-refractivity contribution in [2.45, 2.75) is 20.8 Å². The number of rotatable bonds is 6. The van der Waals surface area contributed by atoms with Crippen LogP contribution in [-0.4, -0.2) is 42.1 Å². The summed E-state index contributed by atoms with van der Waals surface area (Å²) in [5.41, 5.74) is 1.34. The molecule has 1 aromatic carbocycles. The second-order valence-corrected chi connectivity index (χ2v) is 8.21. The lowest BCUT2D eigenvalue weighted by Crippen LogP contribution is -2.30. The number of carbonyl (C=O) groups is 2. The summed E-state index contributed by atoms with van der Waals surface area (Å²) >= 11 is 18.7. The highest BCUT2D eigenvalue weighted by Crippen LogP contribution is 2.35. The fourth-order valence-corrected chi connectivity index (χ4v) is 4.44. The van der Waals surface area contributed by atoms with E-state index in [0.717, 1.165) is 11.3 Å². The summed E-state index contributed by atoms with van der Waals surface area (Å²) in [6, 6.07) is 4.94. The monoisotopic (exact) mass is 473 g/mol. The third-order valence-corrected chi connectivity index (χ3v) is 6.15. The molecule has 0 saturated carbocycles. The van der Waals surface area contributed by atoms with Gasteiger partial charge in [0.2, 0.25) is 0 Å². The molecule has 1 aromatic heterocycles. The number of benzene rings is 1. The summed E-state index contributed by atoms with van der Waals surface area (Å²) in [6.07, 6.45) is 0. The molecule has 2 aromatic rings. The third kappa shape index (κ3) is 5.39. The minimum Gasteiger partial charge on any atom is -0.465 e. The Morgan fingerprint density at radius 3 is 2.45 bits per heavy atom. The molecule has 0 bridgehead atoms. The number of hydrogen-bond acceptors (Lipinski definition) is 5. The Labute approximate surface area is 189 Å². The van der Waals surface area contributed by atoms with E-state index in [-0.39, 0.29) is 16.6 Å². The maximum Gasteiger partial charge on any atom is 0.341 e. The quantitative estimate of drug-likeness (QED) is 0.429. The van der Waals surface area contributed by atoms with Gasteiger partial charge < -0.3 is 20.3 Å². The lowest BCUT2D eigenvalue weighted by Gasteiger charge is -2.18. The van der Waals surface area contributed by atoms with Crippen LogP contribution in [0.5, 0.6) is 0 Å². The minimum atomic E-state index is -0.552. The highest BCUT2D eigenvalue weighted by atomic mass is 35.5. The van der Waals surface area contributed by atoms with E-state index in [0.29, 0.717) is 44.3 Å². The van der Waals surface area contributed by atoms with Gasteiger partial charge in [-0.15, -0.1) is 11.3 Å². The van der Waals surface area contributed by atoms with Gasteiger partial charge >= 0.3 is 5.97 Å². The zero-order valence-electron chi connectivity index (χ0n) is 16.4. The average Bonchev–Trinajstić information content (AvgIpc) is 3.00. The molecule has 6 nitrogen and oxygen atoms in total. The molecule has 0 saturated heterocycles. The van der Waals surface area contributed by atoms with Crippen molar-refractivity contribution in [3.05, 3.63) is 44.2 Å². The number of anilines is 2. The molecular weight excluding hydrogens is 453 g/mol. The Balaban J connectivity index is 2.36. The lowest BCUT2D eigenvalue weighted by molar-refractivity contribution is 0.0601. The SMILES string of the molecule is CCN(CC)C(=O)c1sc(NC(=S)Nc2cc(Cl)ccc2Cl)c(C(=O)OC)c1C. The molecule has 10 heteroatoms. The fourth-order valence-electron chi connectivity index (χ4n) is 2.66. The largest absolute Gasteiger partial charge is 0.465 e. The zero-order valence-corrected chi connectivity index (χ0v) is 19.5. The van der Waals surface area contributed by atoms with Crippen LogP contribution in [0.2, 0.25) is 10.0 Å². The number of hydrogen-bond donors (Lipinski definition) is 2. The van der Waals surface area contributed by atoms with E-state index in [1.165, 1.54) is 7.11 Å². The van der Waals surface area contributed by atoms with E-state index in [1.54, 1.807) is 30.0 Å². The minimum absolute atomic E-state index is 0.146. The van der Waals surface area contributed by atoms with Gasteiger partial charge in [-0.05, 0) is 56.8 Å². The van der Waals surface area contributed by atoms with Crippen LogP contribution >= 0.6 is 46.8 Å². The van der Waals surface area contributed by atoms with Crippen LogP contribution in [0.25, 0.3) is 0 Å². The first-order valence-electron chi connectivity index (χ1n) is 8.77. The number of halogens is 2. The predicted octanol–water partition coefficient (Wildman–Crippen LogP) is 5.44. The van der Waals surface area contributed by atoms with Crippen LogP contribution in [0, 0.1) is 6.92 Å². The fraction of sp³-hybridized carbons (Fsp3) is 0.316. The van der Waals surface area contributed by atoms with Crippen LogP contribution in [0.4, 0.5) is 10.7 Å². The third-order valence-electron chi connectivity index (χ3n) is 4.18. The zero-order chi connectivity index (χ0) is 21.7. The molecule has 0 spiro atoms. The highest BCUT2D eigenvalue weighted by Gasteiger charge is 2.27. The van der Waals surface area contributed by atoms with Crippen LogP contribution in [0.15, 0.2) is 18.2 Å². The van der Waals surface area contributed by atoms with Gasteiger partial charge in [0.25, 0.3) is 5.91 Å². The summed E-state index contributed by atoms with van der Waals surface area (Å²) in [6.45, 7) is 6.65. The molecular formula is C19H21Cl2N3O3S2. The smallest absolute Gasteiger partial charge is 0.341 e. The first-order valence-corrected chi connectivity index (χ1v) is 10.7. The predicted molar refractivity (Wildman–Crippen MR) is 124 cm³/mol. The molecule has 2 rings (SSSR count). The van der Waals surface area contributed by atoms with Gasteiger partial charge in [-0.3, -0.25) is 4.79 Å². The van der Waals surface area contributed by atoms with E-state index in [2.05, 4.69) is 10.6 Å².